The molecule has 0 spiro atoms. The van der Waals surface area contributed by atoms with Crippen molar-refractivity contribution in [2.45, 2.75) is 13.3 Å². The molecule has 0 radical (unpaired) electrons. The van der Waals surface area contributed by atoms with Gasteiger partial charge in [-0.25, -0.2) is 0 Å². The van der Waals surface area contributed by atoms with E-state index in [0.29, 0.717) is 24.7 Å². The minimum atomic E-state index is 0.0178. The minimum Gasteiger partial charge on any atom is -0.492 e. The molecule has 0 saturated heterocycles. The van der Waals surface area contributed by atoms with E-state index in [1.54, 1.807) is 7.05 Å². The summed E-state index contributed by atoms with van der Waals surface area (Å²) in [6, 6.07) is 7.37. The van der Waals surface area contributed by atoms with Crippen molar-refractivity contribution in [2.24, 2.45) is 5.73 Å². The summed E-state index contributed by atoms with van der Waals surface area (Å²) in [5.41, 5.74) is 6.37. The summed E-state index contributed by atoms with van der Waals surface area (Å²) >= 11 is 4.90. The van der Waals surface area contributed by atoms with Crippen LogP contribution in [0.2, 0.25) is 0 Å². The molecule has 0 aliphatic carbocycles. The standard InChI is InChI=1S/C15H23N3O2S/c1-3-8-18(11-14(19)17-2)9-10-20-13-6-4-12(5-7-13)15(16)21/h4-7H,3,8-11H2,1-2H3,(H2,16,21)(H,17,19). The number of ether oxygens (including phenoxy) is 1. The van der Waals surface area contributed by atoms with E-state index < -0.39 is 0 Å². The Morgan fingerprint density at radius 1 is 1.33 bits per heavy atom. The molecule has 0 aliphatic heterocycles. The van der Waals surface area contributed by atoms with E-state index in [-0.39, 0.29) is 5.91 Å². The highest BCUT2D eigenvalue weighted by atomic mass is 32.1. The maximum absolute atomic E-state index is 11.4. The van der Waals surface area contributed by atoms with Crippen LogP contribution in [-0.2, 0) is 4.79 Å². The maximum Gasteiger partial charge on any atom is 0.233 e. The number of nitrogens with two attached hydrogens (primary N) is 1. The normalized spacial score (nSPS) is 10.4. The highest BCUT2D eigenvalue weighted by molar-refractivity contribution is 7.80. The Kier molecular flexibility index (Phi) is 7.71. The third-order valence-electron chi connectivity index (χ3n) is 3.00. The topological polar surface area (TPSA) is 67.6 Å². The van der Waals surface area contributed by atoms with Gasteiger partial charge >= 0.3 is 0 Å². The molecule has 1 aromatic carbocycles. The fraction of sp³-hybridized carbons (Fsp3) is 0.467. The number of benzene rings is 1. The fourth-order valence-electron chi connectivity index (χ4n) is 1.88. The van der Waals surface area contributed by atoms with Crippen LogP contribution in [0.4, 0.5) is 0 Å². The maximum atomic E-state index is 11.4. The van der Waals surface area contributed by atoms with Crippen molar-refractivity contribution in [1.82, 2.24) is 10.2 Å². The minimum absolute atomic E-state index is 0.0178. The Morgan fingerprint density at radius 3 is 2.52 bits per heavy atom. The third kappa shape index (κ3) is 6.55. The molecule has 0 heterocycles. The van der Waals surface area contributed by atoms with Gasteiger partial charge in [0.25, 0.3) is 0 Å². The predicted octanol–water partition coefficient (Wildman–Crippen LogP) is 1.16. The summed E-state index contributed by atoms with van der Waals surface area (Å²) in [4.78, 5) is 13.9. The number of thiocarbonyl (C=S) groups is 1. The lowest BCUT2D eigenvalue weighted by Crippen LogP contribution is -2.38. The summed E-state index contributed by atoms with van der Waals surface area (Å²) in [5.74, 6) is 0.788. The lowest BCUT2D eigenvalue weighted by Gasteiger charge is -2.20. The molecule has 116 valence electrons. The summed E-state index contributed by atoms with van der Waals surface area (Å²) in [6.07, 6.45) is 1.000. The lowest BCUT2D eigenvalue weighted by molar-refractivity contribution is -0.121. The lowest BCUT2D eigenvalue weighted by atomic mass is 10.2. The van der Waals surface area contributed by atoms with Crippen LogP contribution < -0.4 is 15.8 Å². The number of nitrogens with one attached hydrogen (secondary N) is 1. The summed E-state index contributed by atoms with van der Waals surface area (Å²) in [6.45, 7) is 4.60. The summed E-state index contributed by atoms with van der Waals surface area (Å²) in [7, 11) is 1.65. The number of rotatable bonds is 9. The van der Waals surface area contributed by atoms with Gasteiger partial charge in [-0.15, -0.1) is 0 Å². The van der Waals surface area contributed by atoms with Gasteiger partial charge in [0.05, 0.1) is 6.54 Å². The van der Waals surface area contributed by atoms with Crippen LogP contribution in [0.15, 0.2) is 24.3 Å². The molecule has 3 N–H and O–H groups in total. The van der Waals surface area contributed by atoms with Gasteiger partial charge in [-0.2, -0.15) is 0 Å². The van der Waals surface area contributed by atoms with E-state index in [0.717, 1.165) is 24.3 Å². The SMILES string of the molecule is CCCN(CCOc1ccc(C(N)=S)cc1)CC(=O)NC. The molecular weight excluding hydrogens is 286 g/mol. The number of carbonyl (C=O) groups excluding carboxylic acids is 1. The van der Waals surface area contributed by atoms with Crippen molar-refractivity contribution in [3.63, 3.8) is 0 Å². The van der Waals surface area contributed by atoms with E-state index in [2.05, 4.69) is 17.1 Å². The second-order valence-electron chi connectivity index (χ2n) is 4.69. The molecule has 0 fully saturated rings. The molecule has 21 heavy (non-hydrogen) atoms. The summed E-state index contributed by atoms with van der Waals surface area (Å²) in [5, 5.41) is 2.63. The first kappa shape index (κ1) is 17.4. The average Bonchev–Trinajstić information content (AvgIpc) is 2.47. The van der Waals surface area contributed by atoms with Gasteiger partial charge in [-0.1, -0.05) is 19.1 Å². The molecule has 6 heteroatoms. The zero-order valence-electron chi connectivity index (χ0n) is 12.6. The van der Waals surface area contributed by atoms with E-state index in [1.165, 1.54) is 0 Å². The number of likely N-dealkylation sites (N-methyl/N-ethyl adjacent to an activating group) is 1. The van der Waals surface area contributed by atoms with Crippen molar-refractivity contribution in [2.75, 3.05) is 33.3 Å². The Bertz CT molecular complexity index is 462. The van der Waals surface area contributed by atoms with Crippen LogP contribution in [0, 0.1) is 0 Å². The summed E-state index contributed by atoms with van der Waals surface area (Å²) < 4.78 is 5.68. The Hall–Kier alpha value is -1.66. The van der Waals surface area contributed by atoms with Gasteiger partial charge < -0.3 is 15.8 Å². The Morgan fingerprint density at radius 2 is 2.00 bits per heavy atom. The van der Waals surface area contributed by atoms with Gasteiger partial charge in [0.1, 0.15) is 17.3 Å². The average molecular weight is 309 g/mol. The highest BCUT2D eigenvalue weighted by Crippen LogP contribution is 2.12. The quantitative estimate of drug-likeness (QED) is 0.670. The van der Waals surface area contributed by atoms with E-state index >= 15 is 0 Å². The van der Waals surface area contributed by atoms with Gasteiger partial charge in [0.15, 0.2) is 0 Å². The zero-order valence-corrected chi connectivity index (χ0v) is 13.4. The van der Waals surface area contributed by atoms with Crippen LogP contribution >= 0.6 is 12.2 Å². The number of carbonyl (C=O) groups is 1. The Labute approximate surface area is 131 Å². The molecule has 1 rings (SSSR count). The predicted molar refractivity (Wildman–Crippen MR) is 88.6 cm³/mol. The van der Waals surface area contributed by atoms with Crippen molar-refractivity contribution in [3.8, 4) is 5.75 Å². The van der Waals surface area contributed by atoms with Gasteiger partial charge in [-0.3, -0.25) is 9.69 Å². The second-order valence-corrected chi connectivity index (χ2v) is 5.13. The van der Waals surface area contributed by atoms with E-state index in [1.807, 2.05) is 24.3 Å². The van der Waals surface area contributed by atoms with Crippen molar-refractivity contribution >= 4 is 23.1 Å². The molecule has 0 aliphatic rings. The highest BCUT2D eigenvalue weighted by Gasteiger charge is 2.08. The van der Waals surface area contributed by atoms with Crippen LogP contribution in [0.3, 0.4) is 0 Å². The molecule has 0 unspecified atom stereocenters. The smallest absolute Gasteiger partial charge is 0.233 e. The molecule has 1 amide bonds. The monoisotopic (exact) mass is 309 g/mol. The van der Waals surface area contributed by atoms with Gasteiger partial charge in [0, 0.05) is 19.2 Å². The van der Waals surface area contributed by atoms with Crippen LogP contribution in [-0.4, -0.2) is 49.1 Å². The van der Waals surface area contributed by atoms with Crippen molar-refractivity contribution < 1.29 is 9.53 Å². The van der Waals surface area contributed by atoms with Crippen molar-refractivity contribution in [3.05, 3.63) is 29.8 Å². The molecule has 0 bridgehead atoms. The molecule has 0 atom stereocenters. The number of amides is 1. The van der Waals surface area contributed by atoms with Crippen molar-refractivity contribution in [1.29, 1.82) is 0 Å². The number of hydrogen-bond acceptors (Lipinski definition) is 4. The van der Waals surface area contributed by atoms with E-state index in [9.17, 15) is 4.79 Å². The van der Waals surface area contributed by atoms with Crippen LogP contribution in [0.5, 0.6) is 5.75 Å². The first-order valence-electron chi connectivity index (χ1n) is 7.02. The fourth-order valence-corrected chi connectivity index (χ4v) is 2.01. The molecule has 0 aromatic heterocycles. The van der Waals surface area contributed by atoms with Gasteiger partial charge in [0.2, 0.25) is 5.91 Å². The van der Waals surface area contributed by atoms with Crippen LogP contribution in [0.25, 0.3) is 0 Å². The third-order valence-corrected chi connectivity index (χ3v) is 3.24. The molecule has 0 saturated carbocycles. The Balaban J connectivity index is 2.42. The first-order chi connectivity index (χ1) is 10.1. The number of hydrogen-bond donors (Lipinski definition) is 2. The largest absolute Gasteiger partial charge is 0.492 e. The van der Waals surface area contributed by atoms with E-state index in [4.69, 9.17) is 22.7 Å². The van der Waals surface area contributed by atoms with Gasteiger partial charge in [-0.05, 0) is 37.2 Å². The first-order valence-corrected chi connectivity index (χ1v) is 7.43. The molecule has 1 aromatic rings. The molecule has 5 nitrogen and oxygen atoms in total. The number of nitrogens with zero attached hydrogens (tertiary/aromatic N) is 1. The zero-order chi connectivity index (χ0) is 15.7. The second kappa shape index (κ2) is 9.31. The molecular formula is C15H23N3O2S. The van der Waals surface area contributed by atoms with Crippen LogP contribution in [0.1, 0.15) is 18.9 Å².